The Labute approximate surface area is 174 Å². The molecule has 2 aromatic carbocycles. The molecule has 8 heteroatoms. The number of carbonyl (C=O) groups is 1. The molecular weight excluding hydrogens is 446 g/mol. The van der Waals surface area contributed by atoms with Crippen molar-refractivity contribution in [3.05, 3.63) is 75.7 Å². The lowest BCUT2D eigenvalue weighted by molar-refractivity contribution is 0.0973. The Morgan fingerprint density at radius 3 is 2.78 bits per heavy atom. The number of nitrogens with zero attached hydrogens (tertiary/aromatic N) is 1. The molecule has 1 aromatic heterocycles. The first kappa shape index (κ1) is 19.5. The van der Waals surface area contributed by atoms with E-state index in [4.69, 9.17) is 17.0 Å². The number of anilines is 1. The van der Waals surface area contributed by atoms with Crippen LogP contribution in [-0.2, 0) is 6.42 Å². The van der Waals surface area contributed by atoms with E-state index in [1.807, 2.05) is 41.8 Å². The lowest BCUT2D eigenvalue weighted by Gasteiger charge is -2.13. The molecule has 0 atom stereocenters. The molecule has 0 spiro atoms. The summed E-state index contributed by atoms with van der Waals surface area (Å²) in [6.07, 6.45) is 2.41. The third-order valence-electron chi connectivity index (χ3n) is 3.56. The van der Waals surface area contributed by atoms with Gasteiger partial charge >= 0.3 is 0 Å². The second-order valence-electron chi connectivity index (χ2n) is 5.47. The molecule has 0 aliphatic heterocycles. The summed E-state index contributed by atoms with van der Waals surface area (Å²) in [5, 5.41) is 8.16. The van der Waals surface area contributed by atoms with Crippen LogP contribution in [0.1, 0.15) is 15.9 Å². The predicted octanol–water partition coefficient (Wildman–Crippen LogP) is 4.65. The first-order chi connectivity index (χ1) is 13.1. The zero-order chi connectivity index (χ0) is 19.1. The SMILES string of the molecule is O=C(NC(=S)Nc1nccs1)c1cc(Br)ccc1OCCc1ccccc1. The Bertz CT molecular complexity index is 918. The van der Waals surface area contributed by atoms with Crippen molar-refractivity contribution < 1.29 is 9.53 Å². The smallest absolute Gasteiger partial charge is 0.261 e. The summed E-state index contributed by atoms with van der Waals surface area (Å²) in [5.74, 6) is 0.156. The lowest BCUT2D eigenvalue weighted by Crippen LogP contribution is -2.34. The van der Waals surface area contributed by atoms with E-state index in [9.17, 15) is 4.79 Å². The number of thiocarbonyl (C=S) groups is 1. The Morgan fingerprint density at radius 2 is 2.04 bits per heavy atom. The Morgan fingerprint density at radius 1 is 1.22 bits per heavy atom. The molecule has 2 N–H and O–H groups in total. The van der Waals surface area contributed by atoms with Crippen LogP contribution < -0.4 is 15.4 Å². The topological polar surface area (TPSA) is 63.2 Å². The van der Waals surface area contributed by atoms with Gasteiger partial charge in [-0.15, -0.1) is 11.3 Å². The van der Waals surface area contributed by atoms with Crippen LogP contribution in [-0.4, -0.2) is 22.6 Å². The number of aromatic nitrogens is 1. The molecule has 0 unspecified atom stereocenters. The van der Waals surface area contributed by atoms with Crippen LogP contribution in [0.15, 0.2) is 64.6 Å². The summed E-state index contributed by atoms with van der Waals surface area (Å²) in [5.41, 5.74) is 1.58. The van der Waals surface area contributed by atoms with Crippen molar-refractivity contribution >= 4 is 55.6 Å². The van der Waals surface area contributed by atoms with Crippen LogP contribution in [0.5, 0.6) is 5.75 Å². The molecule has 0 aliphatic rings. The molecule has 0 saturated carbocycles. The van der Waals surface area contributed by atoms with E-state index in [1.54, 1.807) is 18.3 Å². The van der Waals surface area contributed by atoms with E-state index in [2.05, 4.69) is 31.5 Å². The van der Waals surface area contributed by atoms with Gasteiger partial charge in [0.05, 0.1) is 12.2 Å². The number of thiazole rings is 1. The van der Waals surface area contributed by atoms with E-state index in [0.29, 0.717) is 23.1 Å². The maximum atomic E-state index is 12.6. The standard InChI is InChI=1S/C19H16BrN3O2S2/c20-14-6-7-16(25-10-8-13-4-2-1-3-5-13)15(12-14)17(24)22-18(26)23-19-21-9-11-27-19/h1-7,9,11-12H,8,10H2,(H2,21,22,23,24,26). The number of ether oxygens (including phenoxy) is 1. The van der Waals surface area contributed by atoms with Gasteiger partial charge in [0, 0.05) is 22.5 Å². The van der Waals surface area contributed by atoms with Crippen molar-refractivity contribution in [1.82, 2.24) is 10.3 Å². The summed E-state index contributed by atoms with van der Waals surface area (Å²) < 4.78 is 6.63. The number of carbonyl (C=O) groups excluding carboxylic acids is 1. The van der Waals surface area contributed by atoms with Gasteiger partial charge in [-0.05, 0) is 36.0 Å². The van der Waals surface area contributed by atoms with E-state index >= 15 is 0 Å². The van der Waals surface area contributed by atoms with Gasteiger partial charge in [-0.2, -0.15) is 0 Å². The monoisotopic (exact) mass is 461 g/mol. The van der Waals surface area contributed by atoms with Crippen molar-refractivity contribution in [2.75, 3.05) is 11.9 Å². The van der Waals surface area contributed by atoms with Crippen molar-refractivity contribution in [3.8, 4) is 5.75 Å². The summed E-state index contributed by atoms with van der Waals surface area (Å²) >= 11 is 9.96. The van der Waals surface area contributed by atoms with Gasteiger partial charge in [-0.25, -0.2) is 4.98 Å². The van der Waals surface area contributed by atoms with E-state index in [-0.39, 0.29) is 11.0 Å². The second-order valence-corrected chi connectivity index (χ2v) is 7.69. The average Bonchev–Trinajstić information content (AvgIpc) is 3.16. The van der Waals surface area contributed by atoms with Gasteiger partial charge in [-0.3, -0.25) is 10.1 Å². The minimum absolute atomic E-state index is 0.185. The molecule has 3 rings (SSSR count). The number of hydrogen-bond acceptors (Lipinski definition) is 5. The second kappa shape index (κ2) is 9.59. The Balaban J connectivity index is 1.63. The fourth-order valence-corrected chi connectivity index (χ4v) is 3.46. The van der Waals surface area contributed by atoms with E-state index in [0.717, 1.165) is 10.9 Å². The van der Waals surface area contributed by atoms with Crippen LogP contribution in [0, 0.1) is 0 Å². The molecule has 1 heterocycles. The highest BCUT2D eigenvalue weighted by Gasteiger charge is 2.15. The number of amides is 1. The first-order valence-electron chi connectivity index (χ1n) is 8.10. The molecule has 5 nitrogen and oxygen atoms in total. The highest BCUT2D eigenvalue weighted by atomic mass is 79.9. The molecule has 0 saturated heterocycles. The molecule has 1 amide bonds. The minimum atomic E-state index is -0.347. The molecular formula is C19H16BrN3O2S2. The third kappa shape index (κ3) is 5.85. The molecule has 0 radical (unpaired) electrons. The maximum absolute atomic E-state index is 12.6. The van der Waals surface area contributed by atoms with Crippen molar-refractivity contribution in [3.63, 3.8) is 0 Å². The number of rotatable bonds is 6. The largest absolute Gasteiger partial charge is 0.492 e. The van der Waals surface area contributed by atoms with Crippen molar-refractivity contribution in [2.24, 2.45) is 0 Å². The fraction of sp³-hybridized carbons (Fsp3) is 0.105. The van der Waals surface area contributed by atoms with E-state index in [1.165, 1.54) is 16.9 Å². The molecule has 3 aromatic rings. The van der Waals surface area contributed by atoms with Crippen LogP contribution in [0.25, 0.3) is 0 Å². The number of nitrogens with one attached hydrogen (secondary N) is 2. The number of halogens is 1. The highest BCUT2D eigenvalue weighted by molar-refractivity contribution is 9.10. The Kier molecular flexibility index (Phi) is 6.92. The summed E-state index contributed by atoms with van der Waals surface area (Å²) in [6.45, 7) is 0.466. The molecule has 138 valence electrons. The molecule has 0 fully saturated rings. The fourth-order valence-electron chi connectivity index (χ4n) is 2.31. The molecule has 0 bridgehead atoms. The zero-order valence-electron chi connectivity index (χ0n) is 14.1. The predicted molar refractivity (Wildman–Crippen MR) is 116 cm³/mol. The highest BCUT2D eigenvalue weighted by Crippen LogP contribution is 2.23. The normalized spacial score (nSPS) is 10.3. The van der Waals surface area contributed by atoms with Gasteiger partial charge in [0.2, 0.25) is 0 Å². The van der Waals surface area contributed by atoms with Crippen LogP contribution >= 0.6 is 39.5 Å². The summed E-state index contributed by atoms with van der Waals surface area (Å²) in [7, 11) is 0. The first-order valence-corrected chi connectivity index (χ1v) is 10.2. The minimum Gasteiger partial charge on any atom is -0.492 e. The molecule has 0 aliphatic carbocycles. The van der Waals surface area contributed by atoms with Gasteiger partial charge in [-0.1, -0.05) is 46.3 Å². The van der Waals surface area contributed by atoms with Gasteiger partial charge in [0.1, 0.15) is 5.75 Å². The average molecular weight is 462 g/mol. The van der Waals surface area contributed by atoms with Gasteiger partial charge in [0.15, 0.2) is 10.2 Å². The van der Waals surface area contributed by atoms with Gasteiger partial charge in [0.25, 0.3) is 5.91 Å². The Hall–Kier alpha value is -2.29. The van der Waals surface area contributed by atoms with Crippen LogP contribution in [0.2, 0.25) is 0 Å². The number of hydrogen-bond donors (Lipinski definition) is 2. The zero-order valence-corrected chi connectivity index (χ0v) is 17.4. The molecule has 27 heavy (non-hydrogen) atoms. The summed E-state index contributed by atoms with van der Waals surface area (Å²) in [4.78, 5) is 16.7. The van der Waals surface area contributed by atoms with Crippen LogP contribution in [0.4, 0.5) is 5.13 Å². The third-order valence-corrected chi connectivity index (χ3v) is 4.94. The lowest BCUT2D eigenvalue weighted by atomic mass is 10.1. The van der Waals surface area contributed by atoms with Gasteiger partial charge < -0.3 is 10.1 Å². The van der Waals surface area contributed by atoms with Crippen molar-refractivity contribution in [1.29, 1.82) is 0 Å². The maximum Gasteiger partial charge on any atom is 0.261 e. The van der Waals surface area contributed by atoms with Crippen LogP contribution in [0.3, 0.4) is 0 Å². The van der Waals surface area contributed by atoms with Crippen molar-refractivity contribution in [2.45, 2.75) is 6.42 Å². The number of benzene rings is 2. The van der Waals surface area contributed by atoms with E-state index < -0.39 is 0 Å². The quantitative estimate of drug-likeness (QED) is 0.522. The summed E-state index contributed by atoms with van der Waals surface area (Å²) in [6, 6.07) is 15.3.